The highest BCUT2D eigenvalue weighted by Crippen LogP contribution is 2.17. The summed E-state index contributed by atoms with van der Waals surface area (Å²) >= 11 is 0. The van der Waals surface area contributed by atoms with Crippen LogP contribution in [0.2, 0.25) is 0 Å². The summed E-state index contributed by atoms with van der Waals surface area (Å²) in [6, 6.07) is 6.32. The normalized spacial score (nSPS) is 11.8. The summed E-state index contributed by atoms with van der Waals surface area (Å²) in [4.78, 5) is 22.7. The number of hydrogen-bond acceptors (Lipinski definition) is 4. The second-order valence-electron chi connectivity index (χ2n) is 5.25. The Morgan fingerprint density at radius 3 is 2.27 bits per heavy atom. The minimum atomic E-state index is -1.02. The van der Waals surface area contributed by atoms with Crippen molar-refractivity contribution in [3.63, 3.8) is 0 Å². The SMILES string of the molecule is COc1ccc(OCCCC(=O)N[C@@H](C(=O)O)C(C)C)cc1. The fourth-order valence-electron chi connectivity index (χ4n) is 1.85. The van der Waals surface area contributed by atoms with Crippen LogP contribution in [0.5, 0.6) is 11.5 Å². The maximum Gasteiger partial charge on any atom is 0.326 e. The van der Waals surface area contributed by atoms with E-state index in [0.717, 1.165) is 5.75 Å². The number of aliphatic carboxylic acids is 1. The lowest BCUT2D eigenvalue weighted by molar-refractivity contribution is -0.143. The average molecular weight is 309 g/mol. The van der Waals surface area contributed by atoms with E-state index in [0.29, 0.717) is 18.8 Å². The number of carboxylic acids is 1. The summed E-state index contributed by atoms with van der Waals surface area (Å²) in [5, 5.41) is 11.5. The van der Waals surface area contributed by atoms with E-state index >= 15 is 0 Å². The fraction of sp³-hybridized carbons (Fsp3) is 0.500. The van der Waals surface area contributed by atoms with Crippen LogP contribution in [0.4, 0.5) is 0 Å². The first-order valence-electron chi connectivity index (χ1n) is 7.23. The number of carbonyl (C=O) groups excluding carboxylic acids is 1. The zero-order valence-electron chi connectivity index (χ0n) is 13.2. The van der Waals surface area contributed by atoms with Gasteiger partial charge in [0.15, 0.2) is 0 Å². The minimum Gasteiger partial charge on any atom is -0.497 e. The zero-order valence-corrected chi connectivity index (χ0v) is 13.2. The zero-order chi connectivity index (χ0) is 16.5. The number of benzene rings is 1. The molecular formula is C16H23NO5. The number of ether oxygens (including phenoxy) is 2. The monoisotopic (exact) mass is 309 g/mol. The largest absolute Gasteiger partial charge is 0.497 e. The number of nitrogens with one attached hydrogen (secondary N) is 1. The molecule has 0 radical (unpaired) electrons. The quantitative estimate of drug-likeness (QED) is 0.682. The third-order valence-corrected chi connectivity index (χ3v) is 3.13. The number of carbonyl (C=O) groups is 2. The van der Waals surface area contributed by atoms with E-state index < -0.39 is 12.0 Å². The van der Waals surface area contributed by atoms with Crippen molar-refractivity contribution in [2.45, 2.75) is 32.7 Å². The molecule has 0 aliphatic carbocycles. The lowest BCUT2D eigenvalue weighted by Crippen LogP contribution is -2.44. The summed E-state index contributed by atoms with van der Waals surface area (Å²) in [5.74, 6) is 0.00110. The van der Waals surface area contributed by atoms with Crippen LogP contribution < -0.4 is 14.8 Å². The Morgan fingerprint density at radius 2 is 1.77 bits per heavy atom. The number of rotatable bonds is 9. The minimum absolute atomic E-state index is 0.156. The Bertz CT molecular complexity index is 484. The van der Waals surface area contributed by atoms with Crippen molar-refractivity contribution in [1.29, 1.82) is 0 Å². The molecule has 0 fully saturated rings. The maximum atomic E-state index is 11.7. The van der Waals surface area contributed by atoms with Gasteiger partial charge in [0.25, 0.3) is 0 Å². The van der Waals surface area contributed by atoms with Gasteiger partial charge in [-0.1, -0.05) is 13.8 Å². The number of carboxylic acid groups (broad SMARTS) is 1. The standard InChI is InChI=1S/C16H23NO5/c1-11(2)15(16(19)20)17-14(18)5-4-10-22-13-8-6-12(21-3)7-9-13/h6-9,11,15H,4-5,10H2,1-3H3,(H,17,18)(H,19,20)/t15-/m1/s1. The molecule has 6 nitrogen and oxygen atoms in total. The molecule has 0 saturated heterocycles. The molecular weight excluding hydrogens is 286 g/mol. The predicted octanol–water partition coefficient (Wildman–Crippen LogP) is 2.08. The van der Waals surface area contributed by atoms with E-state index in [1.807, 2.05) is 0 Å². The number of methoxy groups -OCH3 is 1. The van der Waals surface area contributed by atoms with E-state index in [1.165, 1.54) is 0 Å². The fourth-order valence-corrected chi connectivity index (χ4v) is 1.85. The molecule has 2 N–H and O–H groups in total. The average Bonchev–Trinajstić information content (AvgIpc) is 2.49. The van der Waals surface area contributed by atoms with E-state index in [1.54, 1.807) is 45.2 Å². The van der Waals surface area contributed by atoms with Gasteiger partial charge in [-0.2, -0.15) is 0 Å². The number of hydrogen-bond donors (Lipinski definition) is 2. The van der Waals surface area contributed by atoms with Gasteiger partial charge in [-0.3, -0.25) is 4.79 Å². The molecule has 1 aromatic carbocycles. The van der Waals surface area contributed by atoms with Crippen LogP contribution in [0.3, 0.4) is 0 Å². The Labute approximate surface area is 130 Å². The van der Waals surface area contributed by atoms with Crippen LogP contribution in [-0.2, 0) is 9.59 Å². The molecule has 0 spiro atoms. The van der Waals surface area contributed by atoms with Crippen molar-refractivity contribution in [1.82, 2.24) is 5.32 Å². The third-order valence-electron chi connectivity index (χ3n) is 3.13. The van der Waals surface area contributed by atoms with Crippen LogP contribution >= 0.6 is 0 Å². The molecule has 0 bridgehead atoms. The van der Waals surface area contributed by atoms with Gasteiger partial charge in [0.05, 0.1) is 13.7 Å². The molecule has 1 aromatic rings. The summed E-state index contributed by atoms with van der Waals surface area (Å²) < 4.78 is 10.5. The van der Waals surface area contributed by atoms with Crippen molar-refractivity contribution in [3.05, 3.63) is 24.3 Å². The molecule has 1 amide bonds. The van der Waals surface area contributed by atoms with Crippen LogP contribution in [0.1, 0.15) is 26.7 Å². The molecule has 1 atom stereocenters. The second kappa shape index (κ2) is 8.92. The van der Waals surface area contributed by atoms with Crippen molar-refractivity contribution in [2.24, 2.45) is 5.92 Å². The molecule has 0 unspecified atom stereocenters. The lowest BCUT2D eigenvalue weighted by atomic mass is 10.0. The highest BCUT2D eigenvalue weighted by Gasteiger charge is 2.22. The third kappa shape index (κ3) is 6.03. The summed E-state index contributed by atoms with van der Waals surface area (Å²) in [5.41, 5.74) is 0. The Morgan fingerprint density at radius 1 is 1.18 bits per heavy atom. The molecule has 0 saturated carbocycles. The predicted molar refractivity (Wildman–Crippen MR) is 82.1 cm³/mol. The maximum absolute atomic E-state index is 11.7. The summed E-state index contributed by atoms with van der Waals surface area (Å²) in [6.07, 6.45) is 0.745. The van der Waals surface area contributed by atoms with Gasteiger partial charge in [0.1, 0.15) is 17.5 Å². The molecule has 0 heterocycles. The van der Waals surface area contributed by atoms with Crippen molar-refractivity contribution in [2.75, 3.05) is 13.7 Å². The molecule has 0 aliphatic heterocycles. The highest BCUT2D eigenvalue weighted by atomic mass is 16.5. The molecule has 1 rings (SSSR count). The van der Waals surface area contributed by atoms with Gasteiger partial charge in [-0.25, -0.2) is 4.79 Å². The number of amides is 1. The van der Waals surface area contributed by atoms with E-state index in [4.69, 9.17) is 14.6 Å². The highest BCUT2D eigenvalue weighted by molar-refractivity contribution is 5.83. The van der Waals surface area contributed by atoms with Crippen LogP contribution in [0.15, 0.2) is 24.3 Å². The Kier molecular flexibility index (Phi) is 7.22. The van der Waals surface area contributed by atoms with Gasteiger partial charge in [-0.05, 0) is 36.6 Å². The first-order chi connectivity index (χ1) is 10.4. The topological polar surface area (TPSA) is 84.9 Å². The molecule has 0 aromatic heterocycles. The Balaban J connectivity index is 2.28. The van der Waals surface area contributed by atoms with E-state index in [-0.39, 0.29) is 18.2 Å². The summed E-state index contributed by atoms with van der Waals surface area (Å²) in [6.45, 7) is 3.90. The molecule has 122 valence electrons. The van der Waals surface area contributed by atoms with Crippen molar-refractivity contribution in [3.8, 4) is 11.5 Å². The first kappa shape index (κ1) is 17.8. The smallest absolute Gasteiger partial charge is 0.326 e. The lowest BCUT2D eigenvalue weighted by Gasteiger charge is -2.17. The second-order valence-corrected chi connectivity index (χ2v) is 5.25. The van der Waals surface area contributed by atoms with Gasteiger partial charge < -0.3 is 19.9 Å². The van der Waals surface area contributed by atoms with E-state index in [2.05, 4.69) is 5.32 Å². The van der Waals surface area contributed by atoms with Crippen LogP contribution in [-0.4, -0.2) is 36.7 Å². The van der Waals surface area contributed by atoms with Gasteiger partial charge >= 0.3 is 5.97 Å². The van der Waals surface area contributed by atoms with Crippen molar-refractivity contribution < 1.29 is 24.2 Å². The Hall–Kier alpha value is -2.24. The first-order valence-corrected chi connectivity index (χ1v) is 7.23. The summed E-state index contributed by atoms with van der Waals surface area (Å²) in [7, 11) is 1.59. The van der Waals surface area contributed by atoms with Crippen LogP contribution in [0, 0.1) is 5.92 Å². The van der Waals surface area contributed by atoms with E-state index in [9.17, 15) is 9.59 Å². The van der Waals surface area contributed by atoms with Gasteiger partial charge in [-0.15, -0.1) is 0 Å². The molecule has 22 heavy (non-hydrogen) atoms. The van der Waals surface area contributed by atoms with Crippen molar-refractivity contribution >= 4 is 11.9 Å². The van der Waals surface area contributed by atoms with Gasteiger partial charge in [0.2, 0.25) is 5.91 Å². The molecule has 0 aliphatic rings. The molecule has 6 heteroatoms. The van der Waals surface area contributed by atoms with Gasteiger partial charge in [0, 0.05) is 6.42 Å². The van der Waals surface area contributed by atoms with Crippen LogP contribution in [0.25, 0.3) is 0 Å².